The fourth-order valence-electron chi connectivity index (χ4n) is 2.32. The van der Waals surface area contributed by atoms with Crippen molar-refractivity contribution in [2.75, 3.05) is 0 Å². The lowest BCUT2D eigenvalue weighted by Gasteiger charge is -2.24. The summed E-state index contributed by atoms with van der Waals surface area (Å²) in [4.78, 5) is 4.69. The Morgan fingerprint density at radius 2 is 1.47 bits per heavy atom. The van der Waals surface area contributed by atoms with Crippen molar-refractivity contribution in [2.45, 2.75) is 52.4 Å². The summed E-state index contributed by atoms with van der Waals surface area (Å²) >= 11 is 6.61. The van der Waals surface area contributed by atoms with Crippen LogP contribution in [0.15, 0.2) is 24.4 Å². The average molecular weight is 276 g/mol. The highest BCUT2D eigenvalue weighted by Gasteiger charge is 2.23. The molecule has 19 heavy (non-hydrogen) atoms. The molecule has 0 aliphatic heterocycles. The Morgan fingerprint density at radius 3 is 2.00 bits per heavy atom. The molecular weight excluding hydrogens is 254 g/mol. The number of halogens is 1. The maximum atomic E-state index is 6.61. The first kappa shape index (κ1) is 14.3. The maximum Gasteiger partial charge on any atom is 0.0754 e. The molecule has 0 amide bonds. The van der Waals surface area contributed by atoms with E-state index in [4.69, 9.17) is 16.6 Å². The Hall–Kier alpha value is -1.08. The van der Waals surface area contributed by atoms with Crippen molar-refractivity contribution >= 4 is 22.5 Å². The molecule has 0 saturated carbocycles. The van der Waals surface area contributed by atoms with Crippen molar-refractivity contribution in [3.63, 3.8) is 0 Å². The van der Waals surface area contributed by atoms with E-state index in [9.17, 15) is 0 Å². The molecule has 2 aromatic rings. The molecule has 102 valence electrons. The van der Waals surface area contributed by atoms with Gasteiger partial charge in [0.1, 0.15) is 0 Å². The van der Waals surface area contributed by atoms with Crippen molar-refractivity contribution in [1.82, 2.24) is 4.98 Å². The van der Waals surface area contributed by atoms with E-state index >= 15 is 0 Å². The molecular formula is C17H22ClN. The number of rotatable bonds is 0. The zero-order valence-corrected chi connectivity index (χ0v) is 13.4. The van der Waals surface area contributed by atoms with Gasteiger partial charge in [0.15, 0.2) is 0 Å². The normalized spacial score (nSPS) is 13.0. The van der Waals surface area contributed by atoms with E-state index in [0.717, 1.165) is 21.5 Å². The van der Waals surface area contributed by atoms with Crippen LogP contribution in [0.5, 0.6) is 0 Å². The third-order valence-electron chi connectivity index (χ3n) is 3.45. The second kappa shape index (κ2) is 4.49. The summed E-state index contributed by atoms with van der Waals surface area (Å²) in [5.41, 5.74) is 3.45. The Balaban J connectivity index is 2.81. The molecule has 0 aliphatic rings. The zero-order valence-electron chi connectivity index (χ0n) is 12.6. The van der Waals surface area contributed by atoms with Crippen molar-refractivity contribution in [1.29, 1.82) is 0 Å². The summed E-state index contributed by atoms with van der Waals surface area (Å²) in [6.45, 7) is 13.1. The fourth-order valence-corrected chi connectivity index (χ4v) is 2.80. The van der Waals surface area contributed by atoms with Gasteiger partial charge in [0, 0.05) is 11.6 Å². The molecule has 2 rings (SSSR count). The molecule has 0 unspecified atom stereocenters. The van der Waals surface area contributed by atoms with Gasteiger partial charge < -0.3 is 0 Å². The molecule has 0 saturated heterocycles. The molecule has 0 aliphatic carbocycles. The van der Waals surface area contributed by atoms with E-state index in [2.05, 4.69) is 59.7 Å². The number of nitrogens with zero attached hydrogens (tertiary/aromatic N) is 1. The van der Waals surface area contributed by atoms with Crippen LogP contribution in [0.4, 0.5) is 0 Å². The summed E-state index contributed by atoms with van der Waals surface area (Å²) in [6.07, 6.45) is 1.93. The van der Waals surface area contributed by atoms with Crippen LogP contribution in [0.25, 0.3) is 10.9 Å². The van der Waals surface area contributed by atoms with Gasteiger partial charge in [0.05, 0.1) is 10.5 Å². The third kappa shape index (κ3) is 2.62. The maximum absolute atomic E-state index is 6.61. The molecule has 0 bridgehead atoms. The van der Waals surface area contributed by atoms with Gasteiger partial charge >= 0.3 is 0 Å². The third-order valence-corrected chi connectivity index (χ3v) is 3.85. The van der Waals surface area contributed by atoms with Crippen molar-refractivity contribution < 1.29 is 0 Å². The van der Waals surface area contributed by atoms with Crippen molar-refractivity contribution in [3.8, 4) is 0 Å². The Bertz CT molecular complexity index is 615. The number of hydrogen-bond acceptors (Lipinski definition) is 1. The zero-order chi connectivity index (χ0) is 14.4. The van der Waals surface area contributed by atoms with Crippen LogP contribution >= 0.6 is 11.6 Å². The lowest BCUT2D eigenvalue weighted by molar-refractivity contribution is 0.586. The Labute approximate surface area is 121 Å². The predicted octanol–water partition coefficient (Wildman–Crippen LogP) is 5.48. The highest BCUT2D eigenvalue weighted by atomic mass is 35.5. The minimum atomic E-state index is 0.00993. The quantitative estimate of drug-likeness (QED) is 0.620. The summed E-state index contributed by atoms with van der Waals surface area (Å²) < 4.78 is 0. The molecule has 0 radical (unpaired) electrons. The summed E-state index contributed by atoms with van der Waals surface area (Å²) in [5.74, 6) is 0. The fraction of sp³-hybridized carbons (Fsp3) is 0.471. The van der Waals surface area contributed by atoms with Gasteiger partial charge in [-0.25, -0.2) is 0 Å². The number of benzene rings is 1. The minimum Gasteiger partial charge on any atom is -0.256 e. The van der Waals surface area contributed by atoms with E-state index < -0.39 is 0 Å². The predicted molar refractivity (Wildman–Crippen MR) is 84.2 cm³/mol. The number of fused-ring (bicyclic) bond motifs is 1. The van der Waals surface area contributed by atoms with E-state index in [1.165, 1.54) is 5.56 Å². The van der Waals surface area contributed by atoms with Crippen LogP contribution in [-0.2, 0) is 10.8 Å². The van der Waals surface area contributed by atoms with E-state index in [0.29, 0.717) is 0 Å². The number of pyridine rings is 1. The van der Waals surface area contributed by atoms with Crippen LogP contribution in [0, 0.1) is 0 Å². The molecule has 1 heterocycles. The first-order chi connectivity index (χ1) is 8.62. The molecule has 0 N–H and O–H groups in total. The summed E-state index contributed by atoms with van der Waals surface area (Å²) in [7, 11) is 0. The van der Waals surface area contributed by atoms with Crippen molar-refractivity contribution in [2.24, 2.45) is 0 Å². The molecule has 1 nitrogen and oxygen atoms in total. The lowest BCUT2D eigenvalue weighted by atomic mass is 9.83. The van der Waals surface area contributed by atoms with Crippen molar-refractivity contribution in [3.05, 3.63) is 40.5 Å². The van der Waals surface area contributed by atoms with E-state index in [-0.39, 0.29) is 10.8 Å². The standard InChI is InChI=1S/C17H22ClN/c1-16(2,3)12-9-7-8-11-14(18)13(17(4,5)6)10-19-15(11)12/h7-10H,1-6H3. The SMILES string of the molecule is CC(C)(C)c1cnc2c(C(C)(C)C)cccc2c1Cl. The Kier molecular flexibility index (Phi) is 3.38. The van der Waals surface area contributed by atoms with Crippen LogP contribution in [0.2, 0.25) is 5.02 Å². The Morgan fingerprint density at radius 1 is 0.895 bits per heavy atom. The summed E-state index contributed by atoms with van der Waals surface area (Å²) in [6, 6.07) is 6.28. The first-order valence-corrected chi connectivity index (χ1v) is 7.08. The molecule has 2 heteroatoms. The molecule has 0 fully saturated rings. The van der Waals surface area contributed by atoms with Crippen LogP contribution < -0.4 is 0 Å². The largest absolute Gasteiger partial charge is 0.256 e. The number of para-hydroxylation sites is 1. The molecule has 1 aromatic heterocycles. The van der Waals surface area contributed by atoms with Gasteiger partial charge in [-0.1, -0.05) is 71.3 Å². The van der Waals surface area contributed by atoms with Crippen LogP contribution in [-0.4, -0.2) is 4.98 Å². The van der Waals surface area contributed by atoms with Gasteiger partial charge in [-0.05, 0) is 22.0 Å². The van der Waals surface area contributed by atoms with Gasteiger partial charge in [0.25, 0.3) is 0 Å². The van der Waals surface area contributed by atoms with E-state index in [1.807, 2.05) is 6.20 Å². The molecule has 1 aromatic carbocycles. The second-order valence-electron chi connectivity index (χ2n) is 7.19. The highest BCUT2D eigenvalue weighted by Crippen LogP contribution is 2.37. The molecule has 0 spiro atoms. The van der Waals surface area contributed by atoms with Crippen LogP contribution in [0.1, 0.15) is 52.7 Å². The average Bonchev–Trinajstić information content (AvgIpc) is 2.26. The topological polar surface area (TPSA) is 12.9 Å². The lowest BCUT2D eigenvalue weighted by Crippen LogP contribution is -2.15. The highest BCUT2D eigenvalue weighted by molar-refractivity contribution is 6.36. The van der Waals surface area contributed by atoms with Crippen LogP contribution in [0.3, 0.4) is 0 Å². The summed E-state index contributed by atoms with van der Waals surface area (Å²) in [5, 5.41) is 1.89. The minimum absolute atomic E-state index is 0.00993. The van der Waals surface area contributed by atoms with Gasteiger partial charge in [-0.15, -0.1) is 0 Å². The monoisotopic (exact) mass is 275 g/mol. The number of aromatic nitrogens is 1. The van der Waals surface area contributed by atoms with Gasteiger partial charge in [-0.3, -0.25) is 4.98 Å². The molecule has 0 atom stereocenters. The van der Waals surface area contributed by atoms with E-state index in [1.54, 1.807) is 0 Å². The number of hydrogen-bond donors (Lipinski definition) is 0. The van der Waals surface area contributed by atoms with Gasteiger partial charge in [0.2, 0.25) is 0 Å². The second-order valence-corrected chi connectivity index (χ2v) is 7.57. The first-order valence-electron chi connectivity index (χ1n) is 6.70. The van der Waals surface area contributed by atoms with Gasteiger partial charge in [-0.2, -0.15) is 0 Å². The smallest absolute Gasteiger partial charge is 0.0754 e.